The number of aromatic nitrogens is 3. The number of nitrogens with one attached hydrogen (secondary N) is 2. The van der Waals surface area contributed by atoms with Crippen LogP contribution in [0.3, 0.4) is 0 Å². The van der Waals surface area contributed by atoms with E-state index in [-0.39, 0.29) is 0 Å². The standard InChI is InChI=1S/C18H17ClN6/c19-13-8-14-15(11-23-18(14)22-10-13)16-6-12(9-20)7-17(24-16)25-4-1-2-21-3-5-25/h6-8,10-11,21H,1-5H2,(H,22,23). The molecule has 1 fully saturated rings. The van der Waals surface area contributed by atoms with E-state index in [0.717, 1.165) is 60.7 Å². The summed E-state index contributed by atoms with van der Waals surface area (Å²) >= 11 is 6.10. The number of rotatable bonds is 2. The van der Waals surface area contributed by atoms with Gasteiger partial charge in [0.05, 0.1) is 22.3 Å². The highest BCUT2D eigenvalue weighted by atomic mass is 35.5. The molecule has 126 valence electrons. The van der Waals surface area contributed by atoms with Gasteiger partial charge in [-0.25, -0.2) is 9.97 Å². The molecule has 3 aromatic heterocycles. The van der Waals surface area contributed by atoms with E-state index in [9.17, 15) is 5.26 Å². The second-order valence-corrected chi connectivity index (χ2v) is 6.49. The van der Waals surface area contributed by atoms with Gasteiger partial charge in [0.1, 0.15) is 11.5 Å². The van der Waals surface area contributed by atoms with E-state index in [1.54, 1.807) is 6.20 Å². The lowest BCUT2D eigenvalue weighted by atomic mass is 10.1. The van der Waals surface area contributed by atoms with Crippen LogP contribution in [-0.4, -0.2) is 41.1 Å². The van der Waals surface area contributed by atoms with Crippen molar-refractivity contribution < 1.29 is 0 Å². The molecule has 1 aliphatic heterocycles. The molecule has 6 nitrogen and oxygen atoms in total. The number of hydrogen-bond acceptors (Lipinski definition) is 5. The average Bonchev–Trinajstić information content (AvgIpc) is 2.86. The Hall–Kier alpha value is -2.62. The molecule has 1 aliphatic rings. The number of fused-ring (bicyclic) bond motifs is 1. The first-order chi connectivity index (χ1) is 12.2. The molecule has 0 amide bonds. The zero-order valence-electron chi connectivity index (χ0n) is 13.6. The van der Waals surface area contributed by atoms with Gasteiger partial charge in [-0.2, -0.15) is 5.26 Å². The van der Waals surface area contributed by atoms with Crippen LogP contribution in [-0.2, 0) is 0 Å². The van der Waals surface area contributed by atoms with Gasteiger partial charge in [0, 0.05) is 43.0 Å². The Morgan fingerprint density at radius 1 is 1.20 bits per heavy atom. The molecular formula is C18H17ClN6. The molecule has 2 N–H and O–H groups in total. The third-order valence-electron chi connectivity index (χ3n) is 4.38. The summed E-state index contributed by atoms with van der Waals surface area (Å²) in [6, 6.07) is 7.78. The van der Waals surface area contributed by atoms with E-state index in [4.69, 9.17) is 16.6 Å². The predicted molar refractivity (Wildman–Crippen MR) is 98.7 cm³/mol. The zero-order chi connectivity index (χ0) is 17.2. The summed E-state index contributed by atoms with van der Waals surface area (Å²) < 4.78 is 0. The van der Waals surface area contributed by atoms with Gasteiger partial charge in [-0.05, 0) is 31.2 Å². The lowest BCUT2D eigenvalue weighted by Crippen LogP contribution is -2.28. The van der Waals surface area contributed by atoms with Crippen molar-refractivity contribution in [2.24, 2.45) is 0 Å². The zero-order valence-corrected chi connectivity index (χ0v) is 14.3. The van der Waals surface area contributed by atoms with Gasteiger partial charge in [-0.3, -0.25) is 0 Å². The van der Waals surface area contributed by atoms with Crippen molar-refractivity contribution in [3.05, 3.63) is 41.2 Å². The van der Waals surface area contributed by atoms with E-state index in [2.05, 4.69) is 26.3 Å². The first-order valence-corrected chi connectivity index (χ1v) is 8.63. The second kappa shape index (κ2) is 6.71. The minimum atomic E-state index is 0.573. The molecule has 0 spiro atoms. The molecule has 25 heavy (non-hydrogen) atoms. The molecule has 3 aromatic rings. The number of nitrogens with zero attached hydrogens (tertiary/aromatic N) is 4. The summed E-state index contributed by atoms with van der Waals surface area (Å²) in [5.74, 6) is 0.835. The Kier molecular flexibility index (Phi) is 4.26. The normalized spacial score (nSPS) is 15.1. The van der Waals surface area contributed by atoms with Crippen LogP contribution in [0.15, 0.2) is 30.6 Å². The summed E-state index contributed by atoms with van der Waals surface area (Å²) in [6.45, 7) is 3.73. The molecule has 0 aliphatic carbocycles. The van der Waals surface area contributed by atoms with Crippen molar-refractivity contribution in [3.63, 3.8) is 0 Å². The molecule has 7 heteroatoms. The molecule has 4 heterocycles. The Balaban J connectivity index is 1.82. The molecule has 4 rings (SSSR count). The molecule has 0 aromatic carbocycles. The first-order valence-electron chi connectivity index (χ1n) is 8.25. The molecule has 1 saturated heterocycles. The van der Waals surface area contributed by atoms with Crippen molar-refractivity contribution in [2.45, 2.75) is 6.42 Å². The minimum Gasteiger partial charge on any atom is -0.355 e. The molecule has 0 unspecified atom stereocenters. The molecule has 0 bridgehead atoms. The predicted octanol–water partition coefficient (Wildman–Crippen LogP) is 2.95. The van der Waals surface area contributed by atoms with Gasteiger partial charge in [0.2, 0.25) is 0 Å². The van der Waals surface area contributed by atoms with Crippen molar-refractivity contribution in [2.75, 3.05) is 31.1 Å². The van der Waals surface area contributed by atoms with Crippen molar-refractivity contribution in [3.8, 4) is 17.3 Å². The Labute approximate surface area is 150 Å². The maximum atomic E-state index is 9.45. The highest BCUT2D eigenvalue weighted by molar-refractivity contribution is 6.31. The average molecular weight is 353 g/mol. The fourth-order valence-electron chi connectivity index (χ4n) is 3.15. The number of halogens is 1. The molecular weight excluding hydrogens is 336 g/mol. The van der Waals surface area contributed by atoms with Gasteiger partial charge >= 0.3 is 0 Å². The Morgan fingerprint density at radius 3 is 3.00 bits per heavy atom. The van der Waals surface area contributed by atoms with Gasteiger partial charge in [0.15, 0.2) is 0 Å². The van der Waals surface area contributed by atoms with Gasteiger partial charge < -0.3 is 15.2 Å². The summed E-state index contributed by atoms with van der Waals surface area (Å²) in [6.07, 6.45) is 4.53. The van der Waals surface area contributed by atoms with Gasteiger partial charge in [-0.1, -0.05) is 11.6 Å². The number of nitriles is 1. The summed E-state index contributed by atoms with van der Waals surface area (Å²) in [5, 5.41) is 14.3. The van der Waals surface area contributed by atoms with Crippen LogP contribution in [0.4, 0.5) is 5.82 Å². The highest BCUT2D eigenvalue weighted by Crippen LogP contribution is 2.30. The van der Waals surface area contributed by atoms with Crippen LogP contribution in [0.25, 0.3) is 22.3 Å². The van der Waals surface area contributed by atoms with E-state index in [1.807, 2.05) is 24.4 Å². The monoisotopic (exact) mass is 352 g/mol. The van der Waals surface area contributed by atoms with E-state index < -0.39 is 0 Å². The lowest BCUT2D eigenvalue weighted by Gasteiger charge is -2.21. The second-order valence-electron chi connectivity index (χ2n) is 6.05. The summed E-state index contributed by atoms with van der Waals surface area (Å²) in [7, 11) is 0. The number of hydrogen-bond donors (Lipinski definition) is 2. The van der Waals surface area contributed by atoms with E-state index >= 15 is 0 Å². The number of anilines is 1. The van der Waals surface area contributed by atoms with Crippen LogP contribution >= 0.6 is 11.6 Å². The van der Waals surface area contributed by atoms with Gasteiger partial charge in [-0.15, -0.1) is 0 Å². The Morgan fingerprint density at radius 2 is 2.12 bits per heavy atom. The van der Waals surface area contributed by atoms with E-state index in [1.165, 1.54) is 0 Å². The third-order valence-corrected chi connectivity index (χ3v) is 4.59. The maximum absolute atomic E-state index is 9.45. The summed E-state index contributed by atoms with van der Waals surface area (Å²) in [5.41, 5.74) is 3.00. The molecule has 0 atom stereocenters. The largest absolute Gasteiger partial charge is 0.355 e. The van der Waals surface area contributed by atoms with E-state index in [0.29, 0.717) is 10.6 Å². The van der Waals surface area contributed by atoms with Crippen LogP contribution in [0, 0.1) is 11.3 Å². The summed E-state index contributed by atoms with van der Waals surface area (Å²) in [4.78, 5) is 14.5. The van der Waals surface area contributed by atoms with Crippen molar-refractivity contribution in [1.29, 1.82) is 5.26 Å². The minimum absolute atomic E-state index is 0.573. The quantitative estimate of drug-likeness (QED) is 0.741. The first kappa shape index (κ1) is 15.9. The lowest BCUT2D eigenvalue weighted by molar-refractivity contribution is 0.724. The fraction of sp³-hybridized carbons (Fsp3) is 0.278. The van der Waals surface area contributed by atoms with Crippen molar-refractivity contribution in [1.82, 2.24) is 20.3 Å². The maximum Gasteiger partial charge on any atom is 0.138 e. The van der Waals surface area contributed by atoms with Crippen LogP contribution in [0.1, 0.15) is 12.0 Å². The number of aromatic amines is 1. The highest BCUT2D eigenvalue weighted by Gasteiger charge is 2.15. The van der Waals surface area contributed by atoms with Crippen molar-refractivity contribution >= 4 is 28.5 Å². The third kappa shape index (κ3) is 3.16. The van der Waals surface area contributed by atoms with Crippen LogP contribution in [0.5, 0.6) is 0 Å². The topological polar surface area (TPSA) is 80.6 Å². The fourth-order valence-corrected chi connectivity index (χ4v) is 3.30. The molecule has 0 radical (unpaired) electrons. The smallest absolute Gasteiger partial charge is 0.138 e. The van der Waals surface area contributed by atoms with Gasteiger partial charge in [0.25, 0.3) is 0 Å². The van der Waals surface area contributed by atoms with Crippen LogP contribution < -0.4 is 10.2 Å². The Bertz CT molecular complexity index is 950. The molecule has 0 saturated carbocycles. The SMILES string of the molecule is N#Cc1cc(-c2c[nH]c3ncc(Cl)cc23)nc(N2CCCNCC2)c1. The number of pyridine rings is 2. The van der Waals surface area contributed by atoms with Crippen LogP contribution in [0.2, 0.25) is 5.02 Å². The number of H-pyrrole nitrogens is 1.